The molecule has 2 amide bonds. The largest absolute Gasteiger partial charge is 0.399 e. The first-order valence-corrected chi connectivity index (χ1v) is 6.30. The van der Waals surface area contributed by atoms with Gasteiger partial charge in [-0.3, -0.25) is 9.59 Å². The van der Waals surface area contributed by atoms with Gasteiger partial charge in [0.1, 0.15) is 6.04 Å². The van der Waals surface area contributed by atoms with Gasteiger partial charge in [0, 0.05) is 19.2 Å². The summed E-state index contributed by atoms with van der Waals surface area (Å²) in [6.45, 7) is 3.63. The van der Waals surface area contributed by atoms with Crippen LogP contribution in [0, 0.1) is 0 Å². The fraction of sp³-hybridized carbons (Fsp3) is 0.429. The number of anilines is 1. The molecule has 5 nitrogen and oxygen atoms in total. The van der Waals surface area contributed by atoms with E-state index in [1.54, 1.807) is 14.0 Å². The number of benzene rings is 1. The van der Waals surface area contributed by atoms with E-state index < -0.39 is 6.04 Å². The number of nitrogen functional groups attached to an aromatic ring is 1. The zero-order valence-electron chi connectivity index (χ0n) is 11.6. The molecule has 0 fully saturated rings. The van der Waals surface area contributed by atoms with Crippen molar-refractivity contribution >= 4 is 17.5 Å². The highest BCUT2D eigenvalue weighted by Crippen LogP contribution is 2.19. The Kier molecular flexibility index (Phi) is 5.36. The monoisotopic (exact) mass is 263 g/mol. The number of hydrogen-bond donors (Lipinski definition) is 3. The molecule has 0 saturated carbocycles. The molecule has 0 radical (unpaired) electrons. The predicted octanol–water partition coefficient (Wildman–Crippen LogP) is 1.01. The smallest absolute Gasteiger partial charge is 0.242 e. The molecule has 104 valence electrons. The van der Waals surface area contributed by atoms with Crippen LogP contribution in [-0.2, 0) is 9.59 Å². The van der Waals surface area contributed by atoms with Crippen LogP contribution in [-0.4, -0.2) is 24.9 Å². The van der Waals surface area contributed by atoms with Crippen LogP contribution in [0.15, 0.2) is 24.3 Å². The summed E-state index contributed by atoms with van der Waals surface area (Å²) in [6, 6.07) is 6.94. The van der Waals surface area contributed by atoms with E-state index in [2.05, 4.69) is 10.6 Å². The molecule has 0 spiro atoms. The summed E-state index contributed by atoms with van der Waals surface area (Å²) >= 11 is 0. The molecule has 19 heavy (non-hydrogen) atoms. The molecule has 1 aromatic carbocycles. The second kappa shape index (κ2) is 6.78. The molecule has 1 aromatic rings. The van der Waals surface area contributed by atoms with Gasteiger partial charge in [0.25, 0.3) is 0 Å². The lowest BCUT2D eigenvalue weighted by molar-refractivity contribution is -0.128. The van der Waals surface area contributed by atoms with Crippen molar-refractivity contribution in [2.24, 2.45) is 0 Å². The number of likely N-dealkylation sites (N-methyl/N-ethyl adjacent to an activating group) is 1. The normalized spacial score (nSPS) is 13.4. The summed E-state index contributed by atoms with van der Waals surface area (Å²) < 4.78 is 0. The van der Waals surface area contributed by atoms with E-state index in [0.29, 0.717) is 12.1 Å². The Morgan fingerprint density at radius 3 is 2.32 bits per heavy atom. The molecule has 0 aliphatic carbocycles. The van der Waals surface area contributed by atoms with Crippen molar-refractivity contribution < 1.29 is 9.59 Å². The lowest BCUT2D eigenvalue weighted by Gasteiger charge is -2.15. The number of carbonyl (C=O) groups is 2. The molecule has 2 atom stereocenters. The first kappa shape index (κ1) is 15.0. The zero-order chi connectivity index (χ0) is 14.4. The minimum Gasteiger partial charge on any atom is -0.399 e. The fourth-order valence-corrected chi connectivity index (χ4v) is 1.80. The Morgan fingerprint density at radius 2 is 1.79 bits per heavy atom. The molecule has 1 rings (SSSR count). The van der Waals surface area contributed by atoms with E-state index in [-0.39, 0.29) is 17.7 Å². The van der Waals surface area contributed by atoms with Crippen LogP contribution in [0.5, 0.6) is 0 Å². The van der Waals surface area contributed by atoms with Crippen molar-refractivity contribution in [3.05, 3.63) is 29.8 Å². The highest BCUT2D eigenvalue weighted by molar-refractivity contribution is 5.87. The SMILES string of the molecule is CNC(=O)C(C)NC(=O)CC(C)c1ccc(N)cc1. The Bertz CT molecular complexity index is 443. The van der Waals surface area contributed by atoms with Gasteiger partial charge < -0.3 is 16.4 Å². The van der Waals surface area contributed by atoms with Crippen molar-refractivity contribution in [3.8, 4) is 0 Å². The average Bonchev–Trinajstić information content (AvgIpc) is 2.38. The Morgan fingerprint density at radius 1 is 1.21 bits per heavy atom. The molecule has 0 saturated heterocycles. The Labute approximate surface area is 113 Å². The Balaban J connectivity index is 2.52. The van der Waals surface area contributed by atoms with E-state index in [0.717, 1.165) is 5.56 Å². The molecule has 0 aliphatic heterocycles. The minimum atomic E-state index is -0.517. The molecule has 0 aliphatic rings. The van der Waals surface area contributed by atoms with Gasteiger partial charge in [0.2, 0.25) is 11.8 Å². The summed E-state index contributed by atoms with van der Waals surface area (Å²) in [5.74, 6) is -0.258. The van der Waals surface area contributed by atoms with E-state index in [9.17, 15) is 9.59 Å². The third-order valence-electron chi connectivity index (χ3n) is 3.01. The zero-order valence-corrected chi connectivity index (χ0v) is 11.6. The van der Waals surface area contributed by atoms with Crippen LogP contribution in [0.3, 0.4) is 0 Å². The van der Waals surface area contributed by atoms with Gasteiger partial charge in [-0.05, 0) is 30.5 Å². The second-order valence-electron chi connectivity index (χ2n) is 4.68. The molecular weight excluding hydrogens is 242 g/mol. The molecular formula is C14H21N3O2. The van der Waals surface area contributed by atoms with E-state index >= 15 is 0 Å². The van der Waals surface area contributed by atoms with Crippen molar-refractivity contribution in [2.45, 2.75) is 32.2 Å². The maximum atomic E-state index is 11.8. The molecule has 5 heteroatoms. The molecule has 0 heterocycles. The minimum absolute atomic E-state index is 0.0810. The van der Waals surface area contributed by atoms with Gasteiger partial charge in [0.15, 0.2) is 0 Å². The predicted molar refractivity (Wildman–Crippen MR) is 75.6 cm³/mol. The summed E-state index contributed by atoms with van der Waals surface area (Å²) in [7, 11) is 1.54. The quantitative estimate of drug-likeness (QED) is 0.693. The highest BCUT2D eigenvalue weighted by Gasteiger charge is 2.16. The summed E-state index contributed by atoms with van der Waals surface area (Å²) in [6.07, 6.45) is 0.339. The van der Waals surface area contributed by atoms with Gasteiger partial charge in [-0.2, -0.15) is 0 Å². The van der Waals surface area contributed by atoms with Crippen molar-refractivity contribution in [1.29, 1.82) is 0 Å². The van der Waals surface area contributed by atoms with E-state index in [1.807, 2.05) is 31.2 Å². The highest BCUT2D eigenvalue weighted by atomic mass is 16.2. The number of carbonyl (C=O) groups excluding carboxylic acids is 2. The Hall–Kier alpha value is -2.04. The van der Waals surface area contributed by atoms with Crippen molar-refractivity contribution in [2.75, 3.05) is 12.8 Å². The van der Waals surface area contributed by atoms with Crippen LogP contribution in [0.25, 0.3) is 0 Å². The van der Waals surface area contributed by atoms with Crippen molar-refractivity contribution in [1.82, 2.24) is 10.6 Å². The van der Waals surface area contributed by atoms with Crippen molar-refractivity contribution in [3.63, 3.8) is 0 Å². The molecule has 0 bridgehead atoms. The van der Waals surface area contributed by atoms with Gasteiger partial charge >= 0.3 is 0 Å². The standard InChI is InChI=1S/C14H21N3O2/c1-9(11-4-6-12(15)7-5-11)8-13(18)17-10(2)14(19)16-3/h4-7,9-10H,8,15H2,1-3H3,(H,16,19)(H,17,18). The lowest BCUT2D eigenvalue weighted by Crippen LogP contribution is -2.43. The number of hydrogen-bond acceptors (Lipinski definition) is 3. The number of rotatable bonds is 5. The second-order valence-corrected chi connectivity index (χ2v) is 4.68. The summed E-state index contributed by atoms with van der Waals surface area (Å²) in [5, 5.41) is 5.16. The first-order valence-electron chi connectivity index (χ1n) is 6.30. The average molecular weight is 263 g/mol. The number of amides is 2. The number of nitrogens with two attached hydrogens (primary N) is 1. The van der Waals surface area contributed by atoms with Gasteiger partial charge in [0.05, 0.1) is 0 Å². The van der Waals surface area contributed by atoms with Crippen LogP contribution in [0.1, 0.15) is 31.7 Å². The maximum Gasteiger partial charge on any atom is 0.242 e. The molecule has 2 unspecified atom stereocenters. The molecule has 0 aromatic heterocycles. The lowest BCUT2D eigenvalue weighted by atomic mass is 9.97. The van der Waals surface area contributed by atoms with Gasteiger partial charge in [-0.1, -0.05) is 19.1 Å². The number of nitrogens with one attached hydrogen (secondary N) is 2. The van der Waals surface area contributed by atoms with Crippen LogP contribution in [0.4, 0.5) is 5.69 Å². The fourth-order valence-electron chi connectivity index (χ4n) is 1.80. The first-order chi connectivity index (χ1) is 8.93. The maximum absolute atomic E-state index is 11.8. The van der Waals surface area contributed by atoms with Crippen LogP contribution < -0.4 is 16.4 Å². The van der Waals surface area contributed by atoms with E-state index in [1.165, 1.54) is 0 Å². The van der Waals surface area contributed by atoms with Gasteiger partial charge in [-0.15, -0.1) is 0 Å². The molecule has 4 N–H and O–H groups in total. The van der Waals surface area contributed by atoms with Crippen LogP contribution in [0.2, 0.25) is 0 Å². The van der Waals surface area contributed by atoms with E-state index in [4.69, 9.17) is 5.73 Å². The topological polar surface area (TPSA) is 84.2 Å². The van der Waals surface area contributed by atoms with Crippen LogP contribution >= 0.6 is 0 Å². The third-order valence-corrected chi connectivity index (χ3v) is 3.01. The third kappa shape index (κ3) is 4.62. The summed E-state index contributed by atoms with van der Waals surface area (Å²) in [4.78, 5) is 23.1. The summed E-state index contributed by atoms with van der Waals surface area (Å²) in [5.41, 5.74) is 7.37. The van der Waals surface area contributed by atoms with Gasteiger partial charge in [-0.25, -0.2) is 0 Å².